The van der Waals surface area contributed by atoms with Crippen LogP contribution < -0.4 is 11.1 Å². The zero-order valence-corrected chi connectivity index (χ0v) is 42.5. The number of aliphatic hydroxyl groups excluding tert-OH is 4. The van der Waals surface area contributed by atoms with Crippen LogP contribution in [0.15, 0.2) is 24.3 Å². The van der Waals surface area contributed by atoms with Gasteiger partial charge in [-0.25, -0.2) is 4.79 Å². The number of halogens is 1. The second-order valence-electron chi connectivity index (χ2n) is 17.5. The van der Waals surface area contributed by atoms with Gasteiger partial charge in [-0.15, -0.1) is 5.06 Å². The average Bonchev–Trinajstić information content (AvgIpc) is 3.70. The molecule has 3 amide bonds. The number of nitrogens with zero attached hydrogens (tertiary/aromatic N) is 1. The molecule has 402 valence electrons. The van der Waals surface area contributed by atoms with Gasteiger partial charge < -0.3 is 36.3 Å². The van der Waals surface area contributed by atoms with Gasteiger partial charge in [0, 0.05) is 39.4 Å². The number of imide groups is 1. The summed E-state index contributed by atoms with van der Waals surface area (Å²) in [6.45, 7) is -1.46. The van der Waals surface area contributed by atoms with Gasteiger partial charge in [-0.1, -0.05) is 219 Å². The van der Waals surface area contributed by atoms with Gasteiger partial charge in [0.05, 0.1) is 46.0 Å². The van der Waals surface area contributed by atoms with Crippen molar-refractivity contribution < 1.29 is 63.9 Å². The minimum absolute atomic E-state index is 0.0188. The Hall–Kier alpha value is -2.71. The van der Waals surface area contributed by atoms with Crippen LogP contribution in [0, 0.1) is 0 Å². The number of aliphatic hydroxyl groups is 4. The van der Waals surface area contributed by atoms with Crippen LogP contribution in [0.25, 0.3) is 0 Å². The molecule has 1 rings (SSSR count). The Morgan fingerprint density at radius 2 is 1.03 bits per heavy atom. The number of allylic oxidation sites excluding steroid dienone is 2. The number of nitrogens with two attached hydrogens (primary N) is 1. The zero-order chi connectivity index (χ0) is 60.6. The number of amides is 3. The highest BCUT2D eigenvalue weighted by Crippen LogP contribution is 2.16. The molecule has 0 radical (unpaired) electrons. The number of rotatable bonds is 42. The van der Waals surface area contributed by atoms with Gasteiger partial charge in [-0.05, 0) is 38.5 Å². The molecule has 0 aromatic heterocycles. The lowest BCUT2D eigenvalue weighted by atomic mass is 10.0. The molecule has 12 nitrogen and oxygen atoms in total. The first kappa shape index (κ1) is 50.2. The Morgan fingerprint density at radius 3 is 1.43 bits per heavy atom. The van der Waals surface area contributed by atoms with E-state index in [1.165, 1.54) is 128 Å². The van der Waals surface area contributed by atoms with Crippen LogP contribution in [0.2, 0.25) is 0 Å². The van der Waals surface area contributed by atoms with E-state index in [4.69, 9.17) is 25.9 Å². The third-order valence-electron chi connectivity index (χ3n) is 11.3. The van der Waals surface area contributed by atoms with Crippen molar-refractivity contribution in [2.75, 3.05) is 20.4 Å². The molecule has 0 bridgehead atoms. The minimum atomic E-state index is -2.71. The van der Waals surface area contributed by atoms with E-state index in [9.17, 15) is 38.9 Å². The molecule has 0 aromatic carbocycles. The molecule has 7 N–H and O–H groups in total. The Kier molecular flexibility index (Phi) is 40.8. The van der Waals surface area contributed by atoms with Crippen LogP contribution in [-0.4, -0.2) is 93.8 Å². The molecule has 68 heavy (non-hydrogen) atoms. The van der Waals surface area contributed by atoms with Crippen LogP contribution in [-0.2, 0) is 24.0 Å². The first-order valence-electron chi connectivity index (χ1n) is 31.8. The predicted octanol–water partition coefficient (Wildman–Crippen LogP) is 12.1. The average molecular weight is 984 g/mol. The first-order valence-corrected chi connectivity index (χ1v) is 26.1. The summed E-state index contributed by atoms with van der Waals surface area (Å²) in [5.41, 5.74) is 5.51. The topological polar surface area (TPSA) is 200 Å². The van der Waals surface area contributed by atoms with Crippen molar-refractivity contribution in [3.63, 3.8) is 0 Å². The lowest BCUT2D eigenvalue weighted by Crippen LogP contribution is -2.45. The smallest absolute Gasteiger partial charge is 0.333 e. The molecule has 0 aliphatic carbocycles. The molecule has 1 aliphatic heterocycles. The lowest BCUT2D eigenvalue weighted by molar-refractivity contribution is -0.197. The van der Waals surface area contributed by atoms with Crippen LogP contribution in [0.4, 0.5) is 4.39 Å². The van der Waals surface area contributed by atoms with Crippen molar-refractivity contribution in [2.24, 2.45) is 5.73 Å². The summed E-state index contributed by atoms with van der Waals surface area (Å²) in [5, 5.41) is 41.1. The molecule has 0 saturated carbocycles. The number of hydrogen-bond donors (Lipinski definition) is 6. The summed E-state index contributed by atoms with van der Waals surface area (Å²) in [4.78, 5) is 50.5. The number of carbonyl (C=O) groups is 4. The molecule has 4 atom stereocenters. The highest BCUT2D eigenvalue weighted by atomic mass is 19.1. The zero-order valence-electron chi connectivity index (χ0n) is 53.5. The molecule has 0 aromatic rings. The van der Waals surface area contributed by atoms with Gasteiger partial charge in [0.15, 0.2) is 0 Å². The highest BCUT2D eigenvalue weighted by Gasteiger charge is 2.32. The van der Waals surface area contributed by atoms with Crippen LogP contribution >= 0.6 is 0 Å². The van der Waals surface area contributed by atoms with Gasteiger partial charge in [-0.3, -0.25) is 18.8 Å². The summed E-state index contributed by atoms with van der Waals surface area (Å²) >= 11 is 0. The van der Waals surface area contributed by atoms with Crippen LogP contribution in [0.5, 0.6) is 0 Å². The van der Waals surface area contributed by atoms with E-state index in [2.05, 4.69) is 24.0 Å². The van der Waals surface area contributed by atoms with E-state index in [-0.39, 0.29) is 70.3 Å². The number of alkyl halides is 1. The summed E-state index contributed by atoms with van der Waals surface area (Å²) in [7, 11) is -1.00. The van der Waals surface area contributed by atoms with E-state index < -0.39 is 82.3 Å². The second kappa shape index (κ2) is 55.2. The first-order chi connectivity index (χ1) is 37.2. The van der Waals surface area contributed by atoms with E-state index in [1.807, 2.05) is 12.2 Å². The quantitative estimate of drug-likeness (QED) is 0.0194. The Labute approximate surface area is 430 Å². The van der Waals surface area contributed by atoms with E-state index in [0.29, 0.717) is 11.5 Å². The fourth-order valence-corrected chi connectivity index (χ4v) is 7.01. The number of hydrogen-bond acceptors (Lipinski definition) is 10. The van der Waals surface area contributed by atoms with Crippen molar-refractivity contribution >= 4 is 23.7 Å². The normalized spacial score (nSPS) is 17.3. The van der Waals surface area contributed by atoms with Crippen molar-refractivity contribution in [3.05, 3.63) is 24.3 Å². The molecule has 13 heteroatoms. The van der Waals surface area contributed by atoms with Gasteiger partial charge in [-0.2, -0.15) is 0 Å². The molecule has 1 heterocycles. The summed E-state index contributed by atoms with van der Waals surface area (Å²) in [5.74, 6) is -2.25. The standard InChI is InChI=1S/C25H49NO3.C18H37NO2.C11H17NO4.CH3F/c1-3-5-7-9-10-11-12-13-14-15-16-17-18-20-24(28)23(22-27)26-25(29)21-19-8-6-4-2;1-2-3-4-5-6-7-8-9-10-11-12-13-14-15-18(21)17(19)16-20;1-2-3-4-5-6-11(15)16-12-9(13)7-8-10(12)14;1-2/h18,20,23-24,27-28H,3-17,19,21-22H2,1-2H3,(H,26,29);14-15,17-18,20-21H,2-13,16,19H2,1H3;2-8H2,1H3;1H3/b20-18+;15-14+;;/t23-,24+;17-,18+;;/m00../s1/i2D3,4D2;;1D3,2D2;1D. The monoisotopic (exact) mass is 983 g/mol. The molecule has 1 aliphatic rings. The second-order valence-corrected chi connectivity index (χ2v) is 17.5. The molecule has 1 saturated heterocycles. The fourth-order valence-electron chi connectivity index (χ4n) is 7.01. The maximum Gasteiger partial charge on any atom is 0.333 e. The molecule has 0 unspecified atom stereocenters. The van der Waals surface area contributed by atoms with Crippen molar-refractivity contribution in [2.45, 2.75) is 283 Å². The maximum absolute atomic E-state index is 12.1. The third-order valence-corrected chi connectivity index (χ3v) is 11.3. The Balaban J connectivity index is -0.00000111. The number of hydroxylamine groups is 2. The van der Waals surface area contributed by atoms with Gasteiger partial charge in [0.1, 0.15) is 0 Å². The van der Waals surface area contributed by atoms with Crippen molar-refractivity contribution in [1.29, 1.82) is 0 Å². The minimum Gasteiger partial charge on any atom is -0.395 e. The van der Waals surface area contributed by atoms with Gasteiger partial charge >= 0.3 is 5.97 Å². The summed E-state index contributed by atoms with van der Waals surface area (Å²) < 4.78 is 88.1. The lowest BCUT2D eigenvalue weighted by Gasteiger charge is -2.19. The van der Waals surface area contributed by atoms with Gasteiger partial charge in [0.25, 0.3) is 11.8 Å². The van der Waals surface area contributed by atoms with Crippen molar-refractivity contribution in [1.82, 2.24) is 10.4 Å². The van der Waals surface area contributed by atoms with Gasteiger partial charge in [0.2, 0.25) is 5.91 Å². The maximum atomic E-state index is 12.1. The van der Waals surface area contributed by atoms with E-state index >= 15 is 0 Å². The highest BCUT2D eigenvalue weighted by molar-refractivity contribution is 6.01. The molecular formula is C55H106FN3O9. The molecule has 1 fully saturated rings. The van der Waals surface area contributed by atoms with E-state index in [0.717, 1.165) is 25.7 Å². The number of unbranched alkanes of at least 4 members (excludes halogenated alkanes) is 24. The Bertz CT molecular complexity index is 1570. The number of nitrogens with one attached hydrogen (secondary N) is 1. The van der Waals surface area contributed by atoms with Crippen molar-refractivity contribution in [3.8, 4) is 0 Å². The largest absolute Gasteiger partial charge is 0.395 e. The Morgan fingerprint density at radius 1 is 0.647 bits per heavy atom. The predicted molar refractivity (Wildman–Crippen MR) is 278 cm³/mol. The fraction of sp³-hybridized carbons (Fsp3) is 0.855. The molecular weight excluding hydrogens is 866 g/mol. The SMILES string of the molecule is CCCCCCCCCCCCC/C=C/[C@@H](O)[C@@H](N)CO.[2H]C([2H])([2H])C([2H])([2H])CCCCC(=O)N[C@@H](CO)[C@H](O)/C=C/CCCCCCCCCCCCC.[2H]C([2H])([2H])C([2H])([2H])CCCCC(=O)ON1C(=O)CCC1=O.[2H]CF. The molecule has 0 spiro atoms. The van der Waals surface area contributed by atoms with E-state index in [1.54, 1.807) is 12.2 Å². The number of carbonyl (C=O) groups excluding carboxylic acids is 4. The third kappa shape index (κ3) is 47.0. The summed E-state index contributed by atoms with van der Waals surface area (Å²) in [6.07, 6.45) is 32.4. The van der Waals surface area contributed by atoms with Crippen LogP contribution in [0.1, 0.15) is 274 Å². The van der Waals surface area contributed by atoms with Crippen LogP contribution in [0.3, 0.4) is 0 Å². The summed E-state index contributed by atoms with van der Waals surface area (Å²) in [6, 6.07) is -1.35.